The smallest absolute Gasteiger partial charge is 0.229 e. The Hall–Kier alpha value is -0.710. The van der Waals surface area contributed by atoms with Crippen molar-refractivity contribution < 1.29 is 9.59 Å². The van der Waals surface area contributed by atoms with Crippen LogP contribution in [0.3, 0.4) is 0 Å². The standard InChI is InChI=1S/C14H24N2O2S/c1-5-6-11(17)15-9-14(10-15)16(7-8-19-14)12(18)13(2,3)4/h5-10H2,1-4H3. The van der Waals surface area contributed by atoms with E-state index < -0.39 is 0 Å². The molecule has 0 aliphatic carbocycles. The molecule has 2 saturated heterocycles. The van der Waals surface area contributed by atoms with Gasteiger partial charge >= 0.3 is 0 Å². The van der Waals surface area contributed by atoms with Crippen LogP contribution in [-0.4, -0.2) is 51.9 Å². The predicted molar refractivity (Wildman–Crippen MR) is 77.8 cm³/mol. The molecule has 0 bridgehead atoms. The molecule has 0 aromatic heterocycles. The Morgan fingerprint density at radius 3 is 2.42 bits per heavy atom. The molecule has 19 heavy (non-hydrogen) atoms. The van der Waals surface area contributed by atoms with Gasteiger partial charge in [-0.15, -0.1) is 11.8 Å². The van der Waals surface area contributed by atoms with Gasteiger partial charge in [-0.05, 0) is 6.42 Å². The zero-order valence-electron chi connectivity index (χ0n) is 12.4. The van der Waals surface area contributed by atoms with Crippen molar-refractivity contribution in [1.82, 2.24) is 9.80 Å². The Labute approximate surface area is 119 Å². The topological polar surface area (TPSA) is 40.6 Å². The van der Waals surface area contributed by atoms with E-state index >= 15 is 0 Å². The van der Waals surface area contributed by atoms with E-state index in [2.05, 4.69) is 0 Å². The zero-order valence-corrected chi connectivity index (χ0v) is 13.2. The van der Waals surface area contributed by atoms with Crippen LogP contribution in [0.25, 0.3) is 0 Å². The molecular weight excluding hydrogens is 260 g/mol. The first-order chi connectivity index (χ1) is 8.80. The van der Waals surface area contributed by atoms with E-state index in [4.69, 9.17) is 0 Å². The van der Waals surface area contributed by atoms with Crippen molar-refractivity contribution in [2.24, 2.45) is 5.41 Å². The number of rotatable bonds is 2. The molecule has 0 aromatic carbocycles. The predicted octanol–water partition coefficient (Wildman–Crippen LogP) is 1.95. The largest absolute Gasteiger partial charge is 0.336 e. The lowest BCUT2D eigenvalue weighted by Gasteiger charge is -2.52. The highest BCUT2D eigenvalue weighted by Gasteiger charge is 2.55. The molecule has 2 amide bonds. The van der Waals surface area contributed by atoms with Crippen LogP contribution in [0.5, 0.6) is 0 Å². The molecule has 2 aliphatic rings. The Balaban J connectivity index is 2.02. The van der Waals surface area contributed by atoms with Crippen LogP contribution in [0.4, 0.5) is 0 Å². The minimum absolute atomic E-state index is 0.131. The van der Waals surface area contributed by atoms with Crippen LogP contribution in [0.1, 0.15) is 40.5 Å². The number of carbonyl (C=O) groups is 2. The third kappa shape index (κ3) is 2.62. The maximum absolute atomic E-state index is 12.5. The van der Waals surface area contributed by atoms with E-state index in [9.17, 15) is 9.59 Å². The normalized spacial score (nSPS) is 21.7. The summed E-state index contributed by atoms with van der Waals surface area (Å²) in [4.78, 5) is 28.1. The molecule has 0 aromatic rings. The molecule has 2 rings (SSSR count). The van der Waals surface area contributed by atoms with Crippen LogP contribution in [0, 0.1) is 5.41 Å². The molecule has 4 nitrogen and oxygen atoms in total. The third-order valence-corrected chi connectivity index (χ3v) is 5.16. The van der Waals surface area contributed by atoms with Gasteiger partial charge in [0.25, 0.3) is 0 Å². The van der Waals surface area contributed by atoms with Crippen LogP contribution < -0.4 is 0 Å². The van der Waals surface area contributed by atoms with Gasteiger partial charge in [0.05, 0.1) is 13.1 Å². The lowest BCUT2D eigenvalue weighted by molar-refractivity contribution is -0.153. The summed E-state index contributed by atoms with van der Waals surface area (Å²) in [6.45, 7) is 10.1. The summed E-state index contributed by atoms with van der Waals surface area (Å²) in [5, 5.41) is 0. The number of hydrogen-bond donors (Lipinski definition) is 0. The fourth-order valence-electron chi connectivity index (χ4n) is 2.66. The van der Waals surface area contributed by atoms with Crippen molar-refractivity contribution in [3.05, 3.63) is 0 Å². The highest BCUT2D eigenvalue weighted by molar-refractivity contribution is 8.01. The van der Waals surface area contributed by atoms with Gasteiger partial charge < -0.3 is 9.80 Å². The quantitative estimate of drug-likeness (QED) is 0.778. The Bertz CT molecular complexity index is 383. The summed E-state index contributed by atoms with van der Waals surface area (Å²) in [5.74, 6) is 1.42. The molecular formula is C14H24N2O2S. The van der Waals surface area contributed by atoms with Crippen molar-refractivity contribution in [3.8, 4) is 0 Å². The second-order valence-corrected chi connectivity index (χ2v) is 7.96. The van der Waals surface area contributed by atoms with Gasteiger partial charge in [0.2, 0.25) is 11.8 Å². The van der Waals surface area contributed by atoms with Crippen LogP contribution in [0.15, 0.2) is 0 Å². The molecule has 0 atom stereocenters. The molecule has 0 N–H and O–H groups in total. The number of likely N-dealkylation sites (tertiary alicyclic amines) is 1. The monoisotopic (exact) mass is 284 g/mol. The summed E-state index contributed by atoms with van der Waals surface area (Å²) in [6, 6.07) is 0. The molecule has 108 valence electrons. The minimum atomic E-state index is -0.342. The van der Waals surface area contributed by atoms with E-state index in [0.29, 0.717) is 19.5 Å². The van der Waals surface area contributed by atoms with Gasteiger partial charge in [-0.1, -0.05) is 27.7 Å². The molecule has 1 spiro atoms. The number of hydrogen-bond acceptors (Lipinski definition) is 3. The summed E-state index contributed by atoms with van der Waals surface area (Å²) >= 11 is 1.83. The van der Waals surface area contributed by atoms with E-state index in [1.54, 1.807) is 0 Å². The molecule has 5 heteroatoms. The second kappa shape index (κ2) is 5.00. The molecule has 0 saturated carbocycles. The van der Waals surface area contributed by atoms with Crippen molar-refractivity contribution in [2.45, 2.75) is 45.4 Å². The number of thioether (sulfide) groups is 1. The van der Waals surface area contributed by atoms with Gasteiger partial charge in [0, 0.05) is 24.1 Å². The average molecular weight is 284 g/mol. The van der Waals surface area contributed by atoms with E-state index in [1.807, 2.05) is 49.3 Å². The van der Waals surface area contributed by atoms with Gasteiger partial charge in [-0.25, -0.2) is 0 Å². The first kappa shape index (κ1) is 14.7. The SMILES string of the molecule is CCCC(=O)N1CC2(C1)SCCN2C(=O)C(C)(C)C. The first-order valence-corrected chi connectivity index (χ1v) is 8.02. The van der Waals surface area contributed by atoms with Crippen molar-refractivity contribution >= 4 is 23.6 Å². The fourth-order valence-corrected chi connectivity index (χ4v) is 4.14. The van der Waals surface area contributed by atoms with Gasteiger partial charge in [0.15, 0.2) is 0 Å². The maximum Gasteiger partial charge on any atom is 0.229 e. The highest BCUT2D eigenvalue weighted by atomic mass is 32.2. The number of nitrogens with zero attached hydrogens (tertiary/aromatic N) is 2. The lowest BCUT2D eigenvalue weighted by atomic mass is 9.92. The molecule has 0 unspecified atom stereocenters. The van der Waals surface area contributed by atoms with Crippen LogP contribution >= 0.6 is 11.8 Å². The summed E-state index contributed by atoms with van der Waals surface area (Å²) < 4.78 is 0. The number of carbonyl (C=O) groups excluding carboxylic acids is 2. The van der Waals surface area contributed by atoms with Crippen molar-refractivity contribution in [1.29, 1.82) is 0 Å². The number of amides is 2. The fraction of sp³-hybridized carbons (Fsp3) is 0.857. The minimum Gasteiger partial charge on any atom is -0.336 e. The lowest BCUT2D eigenvalue weighted by Crippen LogP contribution is -2.69. The van der Waals surface area contributed by atoms with Crippen LogP contribution in [0.2, 0.25) is 0 Å². The average Bonchev–Trinajstić information content (AvgIpc) is 2.68. The zero-order chi connectivity index (χ0) is 14.3. The molecule has 2 aliphatic heterocycles. The Morgan fingerprint density at radius 2 is 1.89 bits per heavy atom. The van der Waals surface area contributed by atoms with Crippen molar-refractivity contribution in [3.63, 3.8) is 0 Å². The highest BCUT2D eigenvalue weighted by Crippen LogP contribution is 2.44. The first-order valence-electron chi connectivity index (χ1n) is 7.04. The van der Waals surface area contributed by atoms with Gasteiger partial charge in [-0.2, -0.15) is 0 Å². The van der Waals surface area contributed by atoms with E-state index in [-0.39, 0.29) is 22.1 Å². The van der Waals surface area contributed by atoms with E-state index in [0.717, 1.165) is 18.7 Å². The van der Waals surface area contributed by atoms with Crippen molar-refractivity contribution in [2.75, 3.05) is 25.4 Å². The summed E-state index contributed by atoms with van der Waals surface area (Å²) in [7, 11) is 0. The molecule has 2 heterocycles. The summed E-state index contributed by atoms with van der Waals surface area (Å²) in [5.41, 5.74) is -0.342. The van der Waals surface area contributed by atoms with E-state index in [1.165, 1.54) is 0 Å². The third-order valence-electron chi connectivity index (χ3n) is 3.76. The van der Waals surface area contributed by atoms with Gasteiger partial charge in [-0.3, -0.25) is 9.59 Å². The second-order valence-electron chi connectivity index (χ2n) is 6.50. The van der Waals surface area contributed by atoms with Gasteiger partial charge in [0.1, 0.15) is 4.87 Å². The molecule has 0 radical (unpaired) electrons. The Morgan fingerprint density at radius 1 is 1.26 bits per heavy atom. The molecule has 2 fully saturated rings. The Kier molecular flexibility index (Phi) is 3.87. The maximum atomic E-state index is 12.5. The van der Waals surface area contributed by atoms with Crippen LogP contribution in [-0.2, 0) is 9.59 Å². The summed E-state index contributed by atoms with van der Waals surface area (Å²) in [6.07, 6.45) is 1.51.